The van der Waals surface area contributed by atoms with Crippen molar-refractivity contribution in [3.8, 4) is 0 Å². The third-order valence-corrected chi connectivity index (χ3v) is 3.29. The molecule has 1 aliphatic heterocycles. The second kappa shape index (κ2) is 5.09. The second-order valence-corrected chi connectivity index (χ2v) is 4.99. The van der Waals surface area contributed by atoms with Gasteiger partial charge in [0.15, 0.2) is 11.6 Å². The third-order valence-electron chi connectivity index (χ3n) is 3.29. The minimum absolute atomic E-state index is 0.300. The lowest BCUT2D eigenvalue weighted by Gasteiger charge is -2.40. The number of nitrogens with one attached hydrogen (secondary N) is 2. The Morgan fingerprint density at radius 1 is 1.52 bits per heavy atom. The Kier molecular flexibility index (Phi) is 3.60. The monoisotopic (exact) mass is 295 g/mol. The average Bonchev–Trinajstić information content (AvgIpc) is 2.42. The maximum absolute atomic E-state index is 14.1. The van der Waals surface area contributed by atoms with Gasteiger partial charge in [-0.05, 0) is 19.9 Å². The largest absolute Gasteiger partial charge is 0.315 e. The normalized spacial score (nSPS) is 17.4. The first-order chi connectivity index (χ1) is 9.78. The van der Waals surface area contributed by atoms with Crippen molar-refractivity contribution in [1.29, 1.82) is 0 Å². The Morgan fingerprint density at radius 3 is 2.81 bits per heavy atom. The molecule has 1 aliphatic rings. The van der Waals surface area contributed by atoms with E-state index in [9.17, 15) is 18.8 Å². The predicted octanol–water partition coefficient (Wildman–Crippen LogP) is -0.617. The van der Waals surface area contributed by atoms with Crippen molar-refractivity contribution in [3.05, 3.63) is 23.6 Å². The molecule has 1 fully saturated rings. The Labute approximate surface area is 119 Å². The molecule has 0 aromatic carbocycles. The summed E-state index contributed by atoms with van der Waals surface area (Å²) in [6.07, 6.45) is 1.20. The van der Waals surface area contributed by atoms with Gasteiger partial charge < -0.3 is 10.3 Å². The number of nitrogens with two attached hydrogens (primary N) is 1. The minimum Gasteiger partial charge on any atom is -0.315 e. The first-order valence-electron chi connectivity index (χ1n) is 6.06. The number of imide groups is 1. The van der Waals surface area contributed by atoms with Crippen molar-refractivity contribution in [2.45, 2.75) is 19.4 Å². The van der Waals surface area contributed by atoms with Crippen molar-refractivity contribution in [2.24, 2.45) is 5.84 Å². The molecule has 1 aromatic rings. The lowest BCUT2D eigenvalue weighted by Crippen LogP contribution is -2.65. The van der Waals surface area contributed by atoms with Crippen LogP contribution in [0.15, 0.2) is 12.3 Å². The fraction of sp³-hybridized carbons (Fsp3) is 0.333. The number of halogens is 1. The van der Waals surface area contributed by atoms with Gasteiger partial charge >= 0.3 is 0 Å². The first kappa shape index (κ1) is 14.9. The van der Waals surface area contributed by atoms with Gasteiger partial charge in [0.25, 0.3) is 11.8 Å². The number of hydrogen-bond acceptors (Lipinski definition) is 6. The molecule has 2 rings (SSSR count). The topological polar surface area (TPSA) is 117 Å². The molecular weight excluding hydrogens is 281 g/mol. The van der Waals surface area contributed by atoms with Crippen LogP contribution in [0.5, 0.6) is 0 Å². The predicted molar refractivity (Wildman–Crippen MR) is 70.3 cm³/mol. The van der Waals surface area contributed by atoms with E-state index in [0.717, 1.165) is 11.0 Å². The molecule has 4 N–H and O–H groups in total. The van der Waals surface area contributed by atoms with Gasteiger partial charge in [-0.3, -0.25) is 19.7 Å². The number of pyridine rings is 1. The highest BCUT2D eigenvalue weighted by atomic mass is 19.1. The van der Waals surface area contributed by atoms with Crippen molar-refractivity contribution in [1.82, 2.24) is 15.2 Å². The van der Waals surface area contributed by atoms with Gasteiger partial charge in [-0.15, -0.1) is 0 Å². The minimum atomic E-state index is -1.28. The number of anilines is 1. The second-order valence-electron chi connectivity index (χ2n) is 4.99. The number of rotatable bonds is 2. The van der Waals surface area contributed by atoms with Crippen LogP contribution in [-0.2, 0) is 9.59 Å². The molecule has 0 unspecified atom stereocenters. The van der Waals surface area contributed by atoms with Gasteiger partial charge in [0.2, 0.25) is 5.91 Å². The molecule has 0 spiro atoms. The zero-order chi connectivity index (χ0) is 15.8. The van der Waals surface area contributed by atoms with E-state index in [1.54, 1.807) is 0 Å². The van der Waals surface area contributed by atoms with E-state index in [1.165, 1.54) is 20.0 Å². The summed E-state index contributed by atoms with van der Waals surface area (Å²) < 4.78 is 14.1. The molecule has 0 atom stereocenters. The van der Waals surface area contributed by atoms with E-state index >= 15 is 0 Å². The number of hydrogen-bond donors (Lipinski definition) is 3. The molecule has 0 bridgehead atoms. The smallest absolute Gasteiger partial charge is 0.258 e. The lowest BCUT2D eigenvalue weighted by atomic mass is 9.97. The molecular formula is C12H14FN5O3. The fourth-order valence-electron chi connectivity index (χ4n) is 1.96. The van der Waals surface area contributed by atoms with Crippen molar-refractivity contribution < 1.29 is 18.8 Å². The number of nitrogen functional groups attached to an aromatic ring is 1. The van der Waals surface area contributed by atoms with Crippen LogP contribution in [-0.4, -0.2) is 39.7 Å². The van der Waals surface area contributed by atoms with Gasteiger partial charge in [0.05, 0.1) is 5.56 Å². The van der Waals surface area contributed by atoms with Crippen molar-refractivity contribution >= 4 is 23.5 Å². The van der Waals surface area contributed by atoms with Crippen LogP contribution in [0, 0.1) is 5.82 Å². The summed E-state index contributed by atoms with van der Waals surface area (Å²) >= 11 is 0. The van der Waals surface area contributed by atoms with Crippen LogP contribution in [0.2, 0.25) is 0 Å². The summed E-state index contributed by atoms with van der Waals surface area (Å²) in [5.74, 6) is 1.81. The number of amides is 3. The van der Waals surface area contributed by atoms with Crippen LogP contribution in [0.3, 0.4) is 0 Å². The van der Waals surface area contributed by atoms with Crippen LogP contribution >= 0.6 is 0 Å². The number of carbonyl (C=O) groups is 3. The van der Waals surface area contributed by atoms with Crippen LogP contribution in [0.25, 0.3) is 0 Å². The van der Waals surface area contributed by atoms with Gasteiger partial charge in [-0.1, -0.05) is 0 Å². The van der Waals surface area contributed by atoms with Crippen LogP contribution in [0.4, 0.5) is 10.2 Å². The van der Waals surface area contributed by atoms with Crippen LogP contribution in [0.1, 0.15) is 24.2 Å². The summed E-state index contributed by atoms with van der Waals surface area (Å²) in [6, 6.07) is 1.16. The van der Waals surface area contributed by atoms with E-state index in [2.05, 4.69) is 10.3 Å². The molecule has 9 heteroatoms. The Morgan fingerprint density at radius 2 is 2.19 bits per heavy atom. The number of carbonyl (C=O) groups excluding carboxylic acids is 3. The Bertz CT molecular complexity index is 631. The zero-order valence-electron chi connectivity index (χ0n) is 11.4. The number of nitrogens with zero attached hydrogens (tertiary/aromatic N) is 2. The Balaban J connectivity index is 2.43. The van der Waals surface area contributed by atoms with E-state index in [-0.39, 0.29) is 17.9 Å². The quantitative estimate of drug-likeness (QED) is 0.380. The van der Waals surface area contributed by atoms with Crippen LogP contribution < -0.4 is 16.6 Å². The standard InChI is InChI=1S/C12H14FN5O3/c1-12(2)11(21)16-7(19)5-18(12)10(20)6-3-4-15-9(17-14)8(6)13/h3-4H,5,14H2,1-2H3,(H,15,17)(H,16,19,21). The molecule has 112 valence electrons. The van der Waals surface area contributed by atoms with Crippen molar-refractivity contribution in [3.63, 3.8) is 0 Å². The molecule has 1 aromatic heterocycles. The maximum Gasteiger partial charge on any atom is 0.258 e. The fourth-order valence-corrected chi connectivity index (χ4v) is 1.96. The number of piperazine rings is 1. The zero-order valence-corrected chi connectivity index (χ0v) is 11.4. The van der Waals surface area contributed by atoms with E-state index in [4.69, 9.17) is 5.84 Å². The van der Waals surface area contributed by atoms with E-state index < -0.39 is 29.1 Å². The molecule has 8 nitrogen and oxygen atoms in total. The first-order valence-corrected chi connectivity index (χ1v) is 6.06. The Hall–Kier alpha value is -2.55. The molecule has 0 aliphatic carbocycles. The van der Waals surface area contributed by atoms with Gasteiger partial charge in [0, 0.05) is 6.20 Å². The SMILES string of the molecule is CC1(C)C(=O)NC(=O)CN1C(=O)c1ccnc(NN)c1F. The van der Waals surface area contributed by atoms with Crippen molar-refractivity contribution in [2.75, 3.05) is 12.0 Å². The third kappa shape index (κ3) is 2.42. The molecule has 0 radical (unpaired) electrons. The molecule has 2 heterocycles. The number of aromatic nitrogens is 1. The highest BCUT2D eigenvalue weighted by molar-refractivity contribution is 6.09. The molecule has 21 heavy (non-hydrogen) atoms. The highest BCUT2D eigenvalue weighted by Crippen LogP contribution is 2.23. The molecule has 3 amide bonds. The maximum atomic E-state index is 14.1. The summed E-state index contributed by atoms with van der Waals surface area (Å²) in [7, 11) is 0. The van der Waals surface area contributed by atoms with Gasteiger partial charge in [0.1, 0.15) is 12.1 Å². The highest BCUT2D eigenvalue weighted by Gasteiger charge is 2.44. The average molecular weight is 295 g/mol. The molecule has 0 saturated carbocycles. The van der Waals surface area contributed by atoms with E-state index in [1.807, 2.05) is 5.43 Å². The van der Waals surface area contributed by atoms with Gasteiger partial charge in [-0.25, -0.2) is 15.2 Å². The molecule has 1 saturated heterocycles. The summed E-state index contributed by atoms with van der Waals surface area (Å²) in [5, 5.41) is 2.13. The van der Waals surface area contributed by atoms with Gasteiger partial charge in [-0.2, -0.15) is 0 Å². The summed E-state index contributed by atoms with van der Waals surface area (Å²) in [6.45, 7) is 2.59. The summed E-state index contributed by atoms with van der Waals surface area (Å²) in [5.41, 5.74) is 0.422. The summed E-state index contributed by atoms with van der Waals surface area (Å²) in [4.78, 5) is 40.4. The lowest BCUT2D eigenvalue weighted by molar-refractivity contribution is -0.143. The van der Waals surface area contributed by atoms with E-state index in [0.29, 0.717) is 0 Å². The number of hydrazine groups is 1.